The molecule has 1 heterocycles. The van der Waals surface area contributed by atoms with Crippen LogP contribution in [0.3, 0.4) is 0 Å². The van der Waals surface area contributed by atoms with Crippen LogP contribution in [-0.2, 0) is 15.4 Å². The van der Waals surface area contributed by atoms with Crippen LogP contribution in [0.15, 0.2) is 30.3 Å². The predicted octanol–water partition coefficient (Wildman–Crippen LogP) is 11.1. The van der Waals surface area contributed by atoms with Crippen molar-refractivity contribution in [3.8, 4) is 0 Å². The second-order valence-electron chi connectivity index (χ2n) is 17.7. The predicted molar refractivity (Wildman–Crippen MR) is 186 cm³/mol. The number of piperidine rings is 1. The quantitative estimate of drug-likeness (QED) is 0.276. The van der Waals surface area contributed by atoms with Gasteiger partial charge in [0, 0.05) is 31.3 Å². The normalized spacial score (nSPS) is 24.0. The lowest BCUT2D eigenvalue weighted by atomic mass is 9.72. The maximum absolute atomic E-state index is 6.59. The summed E-state index contributed by atoms with van der Waals surface area (Å²) in [5.41, 5.74) is 2.19. The molecule has 238 valence electrons. The highest BCUT2D eigenvalue weighted by Crippen LogP contribution is 2.42. The van der Waals surface area contributed by atoms with Crippen LogP contribution in [0.2, 0.25) is 36.3 Å². The first kappa shape index (κ1) is 36.7. The minimum Gasteiger partial charge on any atom is -0.417 e. The Labute approximate surface area is 258 Å². The molecule has 1 aliphatic carbocycles. The molecule has 0 radical (unpaired) electrons. The van der Waals surface area contributed by atoms with Gasteiger partial charge >= 0.3 is 0 Å². The number of hydrogen-bond acceptors (Lipinski definition) is 3. The fourth-order valence-corrected chi connectivity index (χ4v) is 8.05. The topological polar surface area (TPSA) is 21.7 Å². The molecule has 1 aromatic rings. The number of hydrogen-bond donors (Lipinski definition) is 0. The van der Waals surface area contributed by atoms with Gasteiger partial charge in [0.05, 0.1) is 0 Å². The second-order valence-corrected chi connectivity index (χ2v) is 27.4. The Hall–Kier alpha value is -0.466. The van der Waals surface area contributed by atoms with Crippen LogP contribution in [0.25, 0.3) is 0 Å². The molecule has 0 bridgehead atoms. The van der Waals surface area contributed by atoms with Crippen molar-refractivity contribution in [2.45, 2.75) is 169 Å². The van der Waals surface area contributed by atoms with Crippen molar-refractivity contribution in [1.29, 1.82) is 0 Å². The molecule has 0 unspecified atom stereocenters. The van der Waals surface area contributed by atoms with E-state index in [1.807, 2.05) is 0 Å². The zero-order valence-electron chi connectivity index (χ0n) is 29.9. The lowest BCUT2D eigenvalue weighted by Gasteiger charge is -2.49. The molecule has 41 heavy (non-hydrogen) atoms. The molecule has 0 spiro atoms. The summed E-state index contributed by atoms with van der Waals surface area (Å²) < 4.78 is 13.0. The fraction of sp³-hybridized carbons (Fsp3) is 0.833. The highest BCUT2D eigenvalue weighted by atomic mass is 28.4. The van der Waals surface area contributed by atoms with E-state index < -0.39 is 16.6 Å². The van der Waals surface area contributed by atoms with E-state index in [2.05, 4.69) is 131 Å². The third-order valence-corrected chi connectivity index (χ3v) is 20.0. The zero-order chi connectivity index (χ0) is 31.3. The Morgan fingerprint density at radius 2 is 1.27 bits per heavy atom. The van der Waals surface area contributed by atoms with E-state index in [-0.39, 0.29) is 10.6 Å². The highest BCUT2D eigenvalue weighted by molar-refractivity contribution is 6.74. The third-order valence-electron chi connectivity index (χ3n) is 11.0. The van der Waals surface area contributed by atoms with Crippen LogP contribution in [0.5, 0.6) is 0 Å². The van der Waals surface area contributed by atoms with Gasteiger partial charge in [-0.25, -0.2) is 0 Å². The number of benzene rings is 1. The van der Waals surface area contributed by atoms with Gasteiger partial charge in [-0.05, 0) is 106 Å². The van der Waals surface area contributed by atoms with E-state index in [1.54, 1.807) is 0 Å². The SMILES string of the molecule is CC1(C)CCC[C@@H](CO[Si](C)(C)C(C)(C)C)C1.CC1(C)CCC[C@@H](CO[Si](C)(C)C(C)(C)C)N1Cc1ccccc1. The summed E-state index contributed by atoms with van der Waals surface area (Å²) >= 11 is 0. The van der Waals surface area contributed by atoms with E-state index >= 15 is 0 Å². The number of nitrogens with zero attached hydrogens (tertiary/aromatic N) is 1. The van der Waals surface area contributed by atoms with E-state index in [1.165, 1.54) is 50.5 Å². The van der Waals surface area contributed by atoms with Crippen molar-refractivity contribution in [3.05, 3.63) is 35.9 Å². The maximum atomic E-state index is 6.59. The van der Waals surface area contributed by atoms with Crippen LogP contribution < -0.4 is 0 Å². The molecule has 2 aliphatic rings. The monoisotopic (exact) mass is 603 g/mol. The Bertz CT molecular complexity index is 912. The summed E-state index contributed by atoms with van der Waals surface area (Å²) in [7, 11) is -3.22. The summed E-state index contributed by atoms with van der Waals surface area (Å²) in [6.07, 6.45) is 9.34. The van der Waals surface area contributed by atoms with Gasteiger partial charge in [-0.1, -0.05) is 92.1 Å². The van der Waals surface area contributed by atoms with Crippen LogP contribution in [0.1, 0.15) is 120 Å². The van der Waals surface area contributed by atoms with Crippen LogP contribution in [0.4, 0.5) is 0 Å². The van der Waals surface area contributed by atoms with Crippen molar-refractivity contribution in [2.75, 3.05) is 13.2 Å². The smallest absolute Gasteiger partial charge is 0.192 e. The van der Waals surface area contributed by atoms with E-state index in [4.69, 9.17) is 8.85 Å². The third kappa shape index (κ3) is 11.2. The molecule has 0 aromatic heterocycles. The minimum atomic E-state index is -1.68. The van der Waals surface area contributed by atoms with Crippen molar-refractivity contribution in [3.63, 3.8) is 0 Å². The van der Waals surface area contributed by atoms with Crippen molar-refractivity contribution >= 4 is 16.6 Å². The second kappa shape index (κ2) is 14.1. The summed E-state index contributed by atoms with van der Waals surface area (Å²) in [5.74, 6) is 0.799. The molecule has 3 rings (SSSR count). The summed E-state index contributed by atoms with van der Waals surface area (Å²) in [6.45, 7) is 35.9. The van der Waals surface area contributed by atoms with Crippen LogP contribution in [0, 0.1) is 11.3 Å². The van der Waals surface area contributed by atoms with Gasteiger partial charge in [0.2, 0.25) is 0 Å². The standard InChI is InChI=1S/C21H37NOSi.C15H32OSi/c1-20(2,3)24(6,7)23-17-19-14-11-15-21(4,5)22(19)16-18-12-9-8-10-13-18;1-14(2,3)17(6,7)16-12-13-9-8-10-15(4,5)11-13/h8-10,12-13,19H,11,14-17H2,1-7H3;13H,8-12H2,1-7H3/t19-;13-/m01/s1. The minimum absolute atomic E-state index is 0.246. The molecule has 3 nitrogen and oxygen atoms in total. The number of rotatable bonds is 8. The summed E-state index contributed by atoms with van der Waals surface area (Å²) in [6, 6.07) is 11.4. The molecule has 0 amide bonds. The van der Waals surface area contributed by atoms with E-state index in [9.17, 15) is 0 Å². The average Bonchev–Trinajstić information content (AvgIpc) is 2.82. The van der Waals surface area contributed by atoms with Crippen molar-refractivity contribution in [1.82, 2.24) is 4.90 Å². The Morgan fingerprint density at radius 1 is 0.756 bits per heavy atom. The molecule has 5 heteroatoms. The van der Waals surface area contributed by atoms with Gasteiger partial charge in [0.25, 0.3) is 0 Å². The first-order valence-corrected chi connectivity index (χ1v) is 22.5. The lowest BCUT2D eigenvalue weighted by Crippen LogP contribution is -2.55. The van der Waals surface area contributed by atoms with Gasteiger partial charge < -0.3 is 8.85 Å². The molecule has 0 N–H and O–H groups in total. The summed E-state index contributed by atoms with van der Waals surface area (Å²) in [5, 5.41) is 0.624. The lowest BCUT2D eigenvalue weighted by molar-refractivity contribution is -0.00705. The Morgan fingerprint density at radius 3 is 1.78 bits per heavy atom. The molecule has 2 fully saturated rings. The fourth-order valence-electron chi connectivity index (χ4n) is 5.92. The molecule has 2 atom stereocenters. The van der Waals surface area contributed by atoms with Gasteiger partial charge in [-0.2, -0.15) is 0 Å². The largest absolute Gasteiger partial charge is 0.417 e. The first-order chi connectivity index (χ1) is 18.6. The molecule has 1 aromatic carbocycles. The van der Waals surface area contributed by atoms with Crippen LogP contribution >= 0.6 is 0 Å². The van der Waals surface area contributed by atoms with Gasteiger partial charge in [-0.15, -0.1) is 0 Å². The van der Waals surface area contributed by atoms with Crippen LogP contribution in [-0.4, -0.2) is 46.3 Å². The van der Waals surface area contributed by atoms with Gasteiger partial charge in [-0.3, -0.25) is 4.90 Å². The molecule has 1 saturated carbocycles. The Balaban J connectivity index is 0.000000305. The maximum Gasteiger partial charge on any atom is 0.192 e. The molecular weight excluding hydrogens is 535 g/mol. The molecule has 1 aliphatic heterocycles. The van der Waals surface area contributed by atoms with E-state index in [0.717, 1.165) is 25.7 Å². The summed E-state index contributed by atoms with van der Waals surface area (Å²) in [4.78, 5) is 2.69. The average molecular weight is 604 g/mol. The molecule has 1 saturated heterocycles. The van der Waals surface area contributed by atoms with E-state index in [0.29, 0.717) is 16.5 Å². The zero-order valence-corrected chi connectivity index (χ0v) is 31.9. The highest BCUT2D eigenvalue weighted by Gasteiger charge is 2.41. The first-order valence-electron chi connectivity index (χ1n) is 16.6. The molecular formula is C36H69NO2Si2. The van der Waals surface area contributed by atoms with Crippen molar-refractivity contribution < 1.29 is 8.85 Å². The number of likely N-dealkylation sites (tertiary alicyclic amines) is 1. The Kier molecular flexibility index (Phi) is 12.6. The van der Waals surface area contributed by atoms with Crippen molar-refractivity contribution in [2.24, 2.45) is 11.3 Å². The van der Waals surface area contributed by atoms with Gasteiger partial charge in [0.1, 0.15) is 0 Å². The van der Waals surface area contributed by atoms with Gasteiger partial charge in [0.15, 0.2) is 16.6 Å².